The van der Waals surface area contributed by atoms with Crippen LogP contribution in [0, 0.1) is 6.92 Å². The number of hydrogen-bond donors (Lipinski definition) is 2. The van der Waals surface area contributed by atoms with Crippen LogP contribution in [0.15, 0.2) is 18.3 Å². The highest BCUT2D eigenvalue weighted by molar-refractivity contribution is 5.96. The summed E-state index contributed by atoms with van der Waals surface area (Å²) in [5.41, 5.74) is 11.2. The van der Waals surface area contributed by atoms with Gasteiger partial charge >= 0.3 is 0 Å². The predicted molar refractivity (Wildman–Crippen MR) is 104 cm³/mol. The predicted octanol–water partition coefficient (Wildman–Crippen LogP) is 3.96. The van der Waals surface area contributed by atoms with Crippen molar-refractivity contribution in [3.05, 3.63) is 29.8 Å². The van der Waals surface area contributed by atoms with E-state index < -0.39 is 0 Å². The molecule has 7 nitrogen and oxygen atoms in total. The molecule has 4 rings (SSSR count). The van der Waals surface area contributed by atoms with Crippen molar-refractivity contribution in [2.75, 3.05) is 5.73 Å². The number of H-pyrrole nitrogens is 1. The van der Waals surface area contributed by atoms with Gasteiger partial charge in [-0.05, 0) is 38.8 Å². The number of anilines is 1. The number of nitrogen functional groups attached to an aromatic ring is 1. The van der Waals surface area contributed by atoms with Gasteiger partial charge in [0.1, 0.15) is 17.0 Å². The summed E-state index contributed by atoms with van der Waals surface area (Å²) in [6.45, 7) is 10.5. The Balaban J connectivity index is 2.00. The van der Waals surface area contributed by atoms with Gasteiger partial charge in [-0.15, -0.1) is 0 Å². The average Bonchev–Trinajstić information content (AvgIpc) is 3.12. The topological polar surface area (TPSA) is 98.3 Å². The maximum absolute atomic E-state index is 5.87. The highest BCUT2D eigenvalue weighted by Crippen LogP contribution is 2.33. The fraction of sp³-hybridized carbons (Fsp3) is 0.368. The third-order valence-corrected chi connectivity index (χ3v) is 4.63. The molecule has 7 heteroatoms. The zero-order chi connectivity index (χ0) is 18.6. The lowest BCUT2D eigenvalue weighted by molar-refractivity contribution is 0.595. The molecule has 0 unspecified atom stereocenters. The van der Waals surface area contributed by atoms with Crippen LogP contribution in [-0.4, -0.2) is 29.5 Å². The molecule has 0 aliphatic carbocycles. The number of nitrogens with two attached hydrogens (primary N) is 1. The molecule has 0 spiro atoms. The highest BCUT2D eigenvalue weighted by atomic mass is 15.1. The minimum Gasteiger partial charge on any atom is -0.368 e. The van der Waals surface area contributed by atoms with Crippen molar-refractivity contribution in [2.24, 2.45) is 0 Å². The molecule has 4 aromatic rings. The van der Waals surface area contributed by atoms with Crippen molar-refractivity contribution in [1.82, 2.24) is 29.5 Å². The van der Waals surface area contributed by atoms with Gasteiger partial charge < -0.3 is 15.3 Å². The van der Waals surface area contributed by atoms with E-state index in [1.807, 2.05) is 25.3 Å². The molecule has 26 heavy (non-hydrogen) atoms. The molecule has 0 atom stereocenters. The fourth-order valence-electron chi connectivity index (χ4n) is 3.55. The molecule has 4 aromatic heterocycles. The lowest BCUT2D eigenvalue weighted by atomic mass is 10.0. The zero-order valence-corrected chi connectivity index (χ0v) is 15.7. The molecular weight excluding hydrogens is 326 g/mol. The molecule has 0 radical (unpaired) electrons. The monoisotopic (exact) mass is 349 g/mol. The summed E-state index contributed by atoms with van der Waals surface area (Å²) in [6.07, 6.45) is 1.93. The Kier molecular flexibility index (Phi) is 3.68. The van der Waals surface area contributed by atoms with Gasteiger partial charge in [-0.1, -0.05) is 13.8 Å². The Morgan fingerprint density at radius 2 is 1.81 bits per heavy atom. The number of hydrogen-bond acceptors (Lipinski definition) is 5. The van der Waals surface area contributed by atoms with Gasteiger partial charge in [-0.3, -0.25) is 0 Å². The van der Waals surface area contributed by atoms with Crippen LogP contribution in [0.2, 0.25) is 0 Å². The Bertz CT molecular complexity index is 1120. The van der Waals surface area contributed by atoms with E-state index in [0.29, 0.717) is 6.04 Å². The summed E-state index contributed by atoms with van der Waals surface area (Å²) in [5, 5.41) is 0.980. The SMILES string of the molecule is Cc1nc2ccc(-c3c[nH]c4nc(N)nc(C(C)C)c34)nc2n1C(C)C. The zero-order valence-electron chi connectivity index (χ0n) is 15.7. The summed E-state index contributed by atoms with van der Waals surface area (Å²) in [5.74, 6) is 1.48. The molecule has 4 heterocycles. The molecule has 0 aromatic carbocycles. The minimum absolute atomic E-state index is 0.226. The molecule has 134 valence electrons. The fourth-order valence-corrected chi connectivity index (χ4v) is 3.55. The molecular formula is C19H23N7. The van der Waals surface area contributed by atoms with E-state index in [4.69, 9.17) is 10.7 Å². The number of imidazole rings is 1. The molecule has 0 aliphatic heterocycles. The number of aromatic nitrogens is 6. The number of nitrogens with zero attached hydrogens (tertiary/aromatic N) is 5. The Morgan fingerprint density at radius 3 is 2.50 bits per heavy atom. The van der Waals surface area contributed by atoms with Crippen LogP contribution in [0.1, 0.15) is 51.2 Å². The number of aromatic amines is 1. The van der Waals surface area contributed by atoms with E-state index in [9.17, 15) is 0 Å². The van der Waals surface area contributed by atoms with Gasteiger partial charge in [0, 0.05) is 17.8 Å². The third kappa shape index (κ3) is 2.42. The van der Waals surface area contributed by atoms with Crippen molar-refractivity contribution >= 4 is 28.1 Å². The van der Waals surface area contributed by atoms with Crippen LogP contribution < -0.4 is 5.73 Å². The summed E-state index contributed by atoms with van der Waals surface area (Å²) in [6, 6.07) is 4.32. The summed E-state index contributed by atoms with van der Waals surface area (Å²) in [7, 11) is 0. The Hall–Kier alpha value is -2.96. The summed E-state index contributed by atoms with van der Waals surface area (Å²) >= 11 is 0. The lowest BCUT2D eigenvalue weighted by Crippen LogP contribution is -2.04. The van der Waals surface area contributed by atoms with Crippen molar-refractivity contribution in [3.8, 4) is 11.3 Å². The van der Waals surface area contributed by atoms with E-state index in [2.05, 4.69) is 52.2 Å². The second kappa shape index (κ2) is 5.79. The van der Waals surface area contributed by atoms with Gasteiger partial charge in [0.25, 0.3) is 0 Å². The summed E-state index contributed by atoms with van der Waals surface area (Å²) < 4.78 is 2.16. The molecule has 0 bridgehead atoms. The van der Waals surface area contributed by atoms with E-state index >= 15 is 0 Å². The largest absolute Gasteiger partial charge is 0.368 e. The van der Waals surface area contributed by atoms with Crippen LogP contribution >= 0.6 is 0 Å². The highest BCUT2D eigenvalue weighted by Gasteiger charge is 2.19. The molecule has 0 saturated carbocycles. The van der Waals surface area contributed by atoms with E-state index in [1.165, 1.54) is 0 Å². The first-order chi connectivity index (χ1) is 12.4. The molecule has 3 N–H and O–H groups in total. The number of pyridine rings is 1. The lowest BCUT2D eigenvalue weighted by Gasteiger charge is -2.11. The Morgan fingerprint density at radius 1 is 1.04 bits per heavy atom. The average molecular weight is 349 g/mol. The second-order valence-corrected chi connectivity index (χ2v) is 7.21. The van der Waals surface area contributed by atoms with Gasteiger partial charge in [-0.25, -0.2) is 15.0 Å². The molecule has 0 amide bonds. The number of aryl methyl sites for hydroxylation is 1. The quantitative estimate of drug-likeness (QED) is 0.583. The molecule has 0 fully saturated rings. The standard InChI is InChI=1S/C19H23N7/c1-9(2)16-15-12(8-21-17(15)25-19(20)24-16)13-6-7-14-18(23-13)26(10(3)4)11(5)22-14/h6-10H,1-5H3,(H3,20,21,24,25). The van der Waals surface area contributed by atoms with Crippen LogP contribution in [0.3, 0.4) is 0 Å². The molecule has 0 aliphatic rings. The van der Waals surface area contributed by atoms with Gasteiger partial charge in [0.05, 0.1) is 16.8 Å². The van der Waals surface area contributed by atoms with Crippen molar-refractivity contribution in [2.45, 2.75) is 46.6 Å². The van der Waals surface area contributed by atoms with Crippen molar-refractivity contribution < 1.29 is 0 Å². The maximum Gasteiger partial charge on any atom is 0.222 e. The first-order valence-electron chi connectivity index (χ1n) is 8.87. The third-order valence-electron chi connectivity index (χ3n) is 4.63. The van der Waals surface area contributed by atoms with Crippen LogP contribution in [-0.2, 0) is 0 Å². The van der Waals surface area contributed by atoms with E-state index in [1.54, 1.807) is 0 Å². The first-order valence-corrected chi connectivity index (χ1v) is 8.87. The van der Waals surface area contributed by atoms with E-state index in [-0.39, 0.29) is 11.9 Å². The van der Waals surface area contributed by atoms with Crippen molar-refractivity contribution in [1.29, 1.82) is 0 Å². The van der Waals surface area contributed by atoms with Gasteiger partial charge in [-0.2, -0.15) is 4.98 Å². The van der Waals surface area contributed by atoms with Crippen LogP contribution in [0.25, 0.3) is 33.5 Å². The maximum atomic E-state index is 5.87. The van der Waals surface area contributed by atoms with Crippen LogP contribution in [0.5, 0.6) is 0 Å². The normalized spacial score (nSPS) is 12.1. The number of nitrogens with one attached hydrogen (secondary N) is 1. The van der Waals surface area contributed by atoms with E-state index in [0.717, 1.165) is 45.0 Å². The van der Waals surface area contributed by atoms with Gasteiger partial charge in [0.15, 0.2) is 5.65 Å². The van der Waals surface area contributed by atoms with Crippen LogP contribution in [0.4, 0.5) is 5.95 Å². The smallest absolute Gasteiger partial charge is 0.222 e. The second-order valence-electron chi connectivity index (χ2n) is 7.21. The van der Waals surface area contributed by atoms with Gasteiger partial charge in [0.2, 0.25) is 5.95 Å². The first kappa shape index (κ1) is 16.5. The molecule has 0 saturated heterocycles. The minimum atomic E-state index is 0.226. The van der Waals surface area contributed by atoms with Crippen molar-refractivity contribution in [3.63, 3.8) is 0 Å². The summed E-state index contributed by atoms with van der Waals surface area (Å²) in [4.78, 5) is 21.6. The number of fused-ring (bicyclic) bond motifs is 2. The Labute approximate surface area is 151 Å². The number of rotatable bonds is 3.